The second kappa shape index (κ2) is 4.41. The molecule has 0 bridgehead atoms. The van der Waals surface area contributed by atoms with Gasteiger partial charge in [0.25, 0.3) is 0 Å². The van der Waals surface area contributed by atoms with E-state index < -0.39 is 0 Å². The van der Waals surface area contributed by atoms with E-state index in [0.29, 0.717) is 22.9 Å². The predicted octanol–water partition coefficient (Wildman–Crippen LogP) is 2.06. The van der Waals surface area contributed by atoms with Crippen LogP contribution in [0.1, 0.15) is 0 Å². The Morgan fingerprint density at radius 3 is 1.93 bits per heavy atom. The van der Waals surface area contributed by atoms with Gasteiger partial charge in [-0.25, -0.2) is 0 Å². The molecule has 0 aliphatic rings. The van der Waals surface area contributed by atoms with E-state index in [-0.39, 0.29) is 0 Å². The summed E-state index contributed by atoms with van der Waals surface area (Å²) in [4.78, 5) is 0. The third-order valence-electron chi connectivity index (χ3n) is 1.79. The number of anilines is 1. The molecule has 0 saturated carbocycles. The van der Waals surface area contributed by atoms with Crippen molar-refractivity contribution in [3.8, 4) is 17.2 Å². The van der Waals surface area contributed by atoms with Crippen molar-refractivity contribution in [2.24, 2.45) is 0 Å². The minimum atomic E-state index is 0.479. The van der Waals surface area contributed by atoms with E-state index in [1.165, 1.54) is 14.2 Å². The standard InChI is InChI=1S/C9H12BrNO3/c1-12-7-5(10)4-6(11)8(13-2)9(7)14-3/h4H,11H2,1-3H3. The highest BCUT2D eigenvalue weighted by molar-refractivity contribution is 9.10. The van der Waals surface area contributed by atoms with E-state index in [2.05, 4.69) is 15.9 Å². The molecule has 0 aromatic heterocycles. The molecule has 0 atom stereocenters. The third-order valence-corrected chi connectivity index (χ3v) is 2.38. The van der Waals surface area contributed by atoms with Crippen LogP contribution in [0.4, 0.5) is 5.69 Å². The summed E-state index contributed by atoms with van der Waals surface area (Å²) in [5, 5.41) is 0. The molecule has 14 heavy (non-hydrogen) atoms. The normalized spacial score (nSPS) is 9.71. The number of hydrogen-bond acceptors (Lipinski definition) is 4. The first kappa shape index (κ1) is 11.0. The Morgan fingerprint density at radius 2 is 1.50 bits per heavy atom. The van der Waals surface area contributed by atoms with Crippen LogP contribution in [-0.4, -0.2) is 21.3 Å². The van der Waals surface area contributed by atoms with Crippen molar-refractivity contribution in [2.75, 3.05) is 27.1 Å². The molecule has 5 heteroatoms. The molecule has 1 aromatic carbocycles. The molecule has 2 N–H and O–H groups in total. The molecule has 0 fully saturated rings. The van der Waals surface area contributed by atoms with Crippen LogP contribution < -0.4 is 19.9 Å². The van der Waals surface area contributed by atoms with Gasteiger partial charge in [0.15, 0.2) is 11.5 Å². The molecule has 0 spiro atoms. The fourth-order valence-corrected chi connectivity index (χ4v) is 1.78. The van der Waals surface area contributed by atoms with Gasteiger partial charge < -0.3 is 19.9 Å². The number of nitrogen functional groups attached to an aromatic ring is 1. The lowest BCUT2D eigenvalue weighted by Crippen LogP contribution is -1.99. The van der Waals surface area contributed by atoms with Crippen LogP contribution in [-0.2, 0) is 0 Å². The van der Waals surface area contributed by atoms with Crippen LogP contribution in [0.3, 0.4) is 0 Å². The third kappa shape index (κ3) is 1.72. The van der Waals surface area contributed by atoms with Crippen molar-refractivity contribution in [1.82, 2.24) is 0 Å². The number of rotatable bonds is 3. The van der Waals surface area contributed by atoms with Gasteiger partial charge in [-0.3, -0.25) is 0 Å². The first-order valence-electron chi connectivity index (χ1n) is 3.89. The molecule has 1 rings (SSSR count). The smallest absolute Gasteiger partial charge is 0.206 e. The summed E-state index contributed by atoms with van der Waals surface area (Å²) in [5.41, 5.74) is 6.24. The molecule has 0 amide bonds. The van der Waals surface area contributed by atoms with Gasteiger partial charge in [-0.05, 0) is 22.0 Å². The lowest BCUT2D eigenvalue weighted by atomic mass is 10.2. The maximum Gasteiger partial charge on any atom is 0.206 e. The molecule has 78 valence electrons. The zero-order chi connectivity index (χ0) is 10.7. The number of benzene rings is 1. The zero-order valence-electron chi connectivity index (χ0n) is 8.26. The van der Waals surface area contributed by atoms with E-state index in [4.69, 9.17) is 19.9 Å². The number of hydrogen-bond donors (Lipinski definition) is 1. The zero-order valence-corrected chi connectivity index (χ0v) is 9.84. The van der Waals surface area contributed by atoms with Gasteiger partial charge in [0.05, 0.1) is 31.5 Å². The maximum atomic E-state index is 5.74. The van der Waals surface area contributed by atoms with Crippen molar-refractivity contribution >= 4 is 21.6 Å². The monoisotopic (exact) mass is 261 g/mol. The predicted molar refractivity (Wildman–Crippen MR) is 58.2 cm³/mol. The van der Waals surface area contributed by atoms with Crippen molar-refractivity contribution in [3.63, 3.8) is 0 Å². The van der Waals surface area contributed by atoms with Gasteiger partial charge >= 0.3 is 0 Å². The van der Waals surface area contributed by atoms with Crippen molar-refractivity contribution in [2.45, 2.75) is 0 Å². The van der Waals surface area contributed by atoms with E-state index in [1.807, 2.05) is 0 Å². The molecule has 0 radical (unpaired) electrons. The van der Waals surface area contributed by atoms with Crippen LogP contribution in [0.25, 0.3) is 0 Å². The molecule has 0 saturated heterocycles. The van der Waals surface area contributed by atoms with Gasteiger partial charge in [-0.1, -0.05) is 0 Å². The number of halogens is 1. The highest BCUT2D eigenvalue weighted by atomic mass is 79.9. The van der Waals surface area contributed by atoms with Crippen molar-refractivity contribution in [3.05, 3.63) is 10.5 Å². The second-order valence-electron chi connectivity index (χ2n) is 2.55. The van der Waals surface area contributed by atoms with Gasteiger partial charge in [0, 0.05) is 0 Å². The van der Waals surface area contributed by atoms with E-state index in [0.717, 1.165) is 4.47 Å². The van der Waals surface area contributed by atoms with Crippen LogP contribution in [0.15, 0.2) is 10.5 Å². The molecule has 0 heterocycles. The largest absolute Gasteiger partial charge is 0.492 e. The van der Waals surface area contributed by atoms with Crippen LogP contribution in [0, 0.1) is 0 Å². The first-order valence-corrected chi connectivity index (χ1v) is 4.69. The fraction of sp³-hybridized carbons (Fsp3) is 0.333. The van der Waals surface area contributed by atoms with Crippen LogP contribution >= 0.6 is 15.9 Å². The Kier molecular flexibility index (Phi) is 3.46. The molecular weight excluding hydrogens is 250 g/mol. The van der Waals surface area contributed by atoms with Crippen molar-refractivity contribution in [1.29, 1.82) is 0 Å². The number of methoxy groups -OCH3 is 3. The average Bonchev–Trinajstić information content (AvgIpc) is 2.16. The fourth-order valence-electron chi connectivity index (χ4n) is 1.20. The van der Waals surface area contributed by atoms with Gasteiger partial charge in [-0.15, -0.1) is 0 Å². The van der Waals surface area contributed by atoms with Crippen LogP contribution in [0.5, 0.6) is 17.2 Å². The minimum absolute atomic E-state index is 0.479. The summed E-state index contributed by atoms with van der Waals surface area (Å²) in [6.07, 6.45) is 0. The quantitative estimate of drug-likeness (QED) is 0.847. The molecule has 0 aliphatic carbocycles. The highest BCUT2D eigenvalue weighted by Gasteiger charge is 2.17. The minimum Gasteiger partial charge on any atom is -0.492 e. The van der Waals surface area contributed by atoms with Crippen molar-refractivity contribution < 1.29 is 14.2 Å². The van der Waals surface area contributed by atoms with Gasteiger partial charge in [0.2, 0.25) is 5.75 Å². The molecular formula is C9H12BrNO3. The number of ether oxygens (including phenoxy) is 3. The Balaban J connectivity index is 3.43. The lowest BCUT2D eigenvalue weighted by Gasteiger charge is -2.14. The summed E-state index contributed by atoms with van der Waals surface area (Å²) >= 11 is 3.32. The molecule has 1 aromatic rings. The van der Waals surface area contributed by atoms with E-state index in [1.54, 1.807) is 13.2 Å². The Labute approximate surface area is 91.1 Å². The van der Waals surface area contributed by atoms with Gasteiger partial charge in [0.1, 0.15) is 0 Å². The van der Waals surface area contributed by atoms with Gasteiger partial charge in [-0.2, -0.15) is 0 Å². The summed E-state index contributed by atoms with van der Waals surface area (Å²) in [7, 11) is 4.62. The molecule has 4 nitrogen and oxygen atoms in total. The first-order chi connectivity index (χ1) is 6.65. The lowest BCUT2D eigenvalue weighted by molar-refractivity contribution is 0.324. The summed E-state index contributed by atoms with van der Waals surface area (Å²) in [5.74, 6) is 1.54. The topological polar surface area (TPSA) is 53.7 Å². The Bertz CT molecular complexity index is 313. The van der Waals surface area contributed by atoms with E-state index in [9.17, 15) is 0 Å². The summed E-state index contributed by atoms with van der Waals surface area (Å²) in [6.45, 7) is 0. The second-order valence-corrected chi connectivity index (χ2v) is 3.40. The SMILES string of the molecule is COc1c(N)cc(Br)c(OC)c1OC. The Hall–Kier alpha value is -1.10. The van der Waals surface area contributed by atoms with Crippen LogP contribution in [0.2, 0.25) is 0 Å². The summed E-state index contributed by atoms with van der Waals surface area (Å²) < 4.78 is 16.2. The molecule has 0 unspecified atom stereocenters. The maximum absolute atomic E-state index is 5.74. The Morgan fingerprint density at radius 1 is 1.00 bits per heavy atom. The highest BCUT2D eigenvalue weighted by Crippen LogP contribution is 2.46. The summed E-state index contributed by atoms with van der Waals surface area (Å²) in [6, 6.07) is 1.71. The molecule has 0 aliphatic heterocycles. The average molecular weight is 262 g/mol. The number of nitrogens with two attached hydrogens (primary N) is 1. The van der Waals surface area contributed by atoms with E-state index >= 15 is 0 Å².